The second-order valence-electron chi connectivity index (χ2n) is 4.15. The molecule has 1 heterocycles. The lowest BCUT2D eigenvalue weighted by Gasteiger charge is -2.19. The fourth-order valence-corrected chi connectivity index (χ4v) is 3.64. The maximum atomic E-state index is 3.59. The molecular weight excluding hydrogens is 202 g/mol. The summed E-state index contributed by atoms with van der Waals surface area (Å²) in [4.78, 5) is 0. The molecule has 1 aliphatic heterocycles. The van der Waals surface area contributed by atoms with Crippen molar-refractivity contribution in [2.75, 3.05) is 18.1 Å². The molecular formula is C13H19NS. The van der Waals surface area contributed by atoms with Crippen molar-refractivity contribution in [2.24, 2.45) is 5.92 Å². The number of benzene rings is 1. The molecule has 15 heavy (non-hydrogen) atoms. The van der Waals surface area contributed by atoms with Gasteiger partial charge in [-0.05, 0) is 30.2 Å². The summed E-state index contributed by atoms with van der Waals surface area (Å²) in [7, 11) is 0. The standard InChI is InChI=1S/C13H19NS/c1-2-14-13-10-15-9-12(13)8-11-6-4-3-5-7-11/h3-7,12-14H,2,8-10H2,1H3. The first-order valence-corrected chi connectivity index (χ1v) is 6.90. The maximum Gasteiger partial charge on any atom is 0.0197 e. The quantitative estimate of drug-likeness (QED) is 0.838. The Morgan fingerprint density at radius 1 is 1.27 bits per heavy atom. The topological polar surface area (TPSA) is 12.0 Å². The van der Waals surface area contributed by atoms with Crippen LogP contribution in [0, 0.1) is 5.92 Å². The van der Waals surface area contributed by atoms with Crippen molar-refractivity contribution in [3.63, 3.8) is 0 Å². The number of rotatable bonds is 4. The van der Waals surface area contributed by atoms with Crippen LogP contribution in [0.15, 0.2) is 30.3 Å². The lowest BCUT2D eigenvalue weighted by Crippen LogP contribution is -2.36. The van der Waals surface area contributed by atoms with E-state index in [1.54, 1.807) is 0 Å². The summed E-state index contributed by atoms with van der Waals surface area (Å²) in [6.07, 6.45) is 1.23. The minimum atomic E-state index is 0.722. The second kappa shape index (κ2) is 5.57. The van der Waals surface area contributed by atoms with Crippen LogP contribution < -0.4 is 5.32 Å². The van der Waals surface area contributed by atoms with E-state index in [1.165, 1.54) is 23.5 Å². The van der Waals surface area contributed by atoms with Crippen LogP contribution in [0.1, 0.15) is 12.5 Å². The Morgan fingerprint density at radius 2 is 2.07 bits per heavy atom. The number of hydrogen-bond donors (Lipinski definition) is 1. The van der Waals surface area contributed by atoms with Gasteiger partial charge in [0.1, 0.15) is 0 Å². The molecule has 0 aliphatic carbocycles. The Kier molecular flexibility index (Phi) is 4.09. The highest BCUT2D eigenvalue weighted by molar-refractivity contribution is 7.99. The highest BCUT2D eigenvalue weighted by Gasteiger charge is 2.26. The van der Waals surface area contributed by atoms with Crippen LogP contribution in [0.2, 0.25) is 0 Å². The van der Waals surface area contributed by atoms with Gasteiger partial charge in [-0.15, -0.1) is 0 Å². The average Bonchev–Trinajstić information content (AvgIpc) is 2.68. The van der Waals surface area contributed by atoms with E-state index in [2.05, 4.69) is 54.3 Å². The smallest absolute Gasteiger partial charge is 0.0197 e. The van der Waals surface area contributed by atoms with Crippen molar-refractivity contribution >= 4 is 11.8 Å². The van der Waals surface area contributed by atoms with Crippen molar-refractivity contribution in [3.8, 4) is 0 Å². The maximum absolute atomic E-state index is 3.59. The van der Waals surface area contributed by atoms with E-state index >= 15 is 0 Å². The van der Waals surface area contributed by atoms with Crippen LogP contribution in [0.4, 0.5) is 0 Å². The van der Waals surface area contributed by atoms with E-state index in [1.807, 2.05) is 0 Å². The zero-order valence-electron chi connectivity index (χ0n) is 9.28. The van der Waals surface area contributed by atoms with Gasteiger partial charge in [-0.3, -0.25) is 0 Å². The molecule has 1 fully saturated rings. The monoisotopic (exact) mass is 221 g/mol. The highest BCUT2D eigenvalue weighted by atomic mass is 32.2. The zero-order chi connectivity index (χ0) is 10.5. The fraction of sp³-hybridized carbons (Fsp3) is 0.538. The van der Waals surface area contributed by atoms with E-state index < -0.39 is 0 Å². The van der Waals surface area contributed by atoms with E-state index in [0.717, 1.165) is 18.5 Å². The van der Waals surface area contributed by atoms with Crippen LogP contribution in [-0.2, 0) is 6.42 Å². The van der Waals surface area contributed by atoms with Crippen LogP contribution in [0.3, 0.4) is 0 Å². The Bertz CT molecular complexity index is 286. The lowest BCUT2D eigenvalue weighted by atomic mass is 9.95. The molecule has 0 saturated carbocycles. The van der Waals surface area contributed by atoms with Gasteiger partial charge in [-0.25, -0.2) is 0 Å². The molecule has 2 unspecified atom stereocenters. The van der Waals surface area contributed by atoms with Crippen molar-refractivity contribution < 1.29 is 0 Å². The normalized spacial score (nSPS) is 25.7. The third kappa shape index (κ3) is 2.99. The van der Waals surface area contributed by atoms with Gasteiger partial charge in [-0.2, -0.15) is 11.8 Å². The predicted octanol–water partition coefficient (Wildman–Crippen LogP) is 2.57. The minimum absolute atomic E-state index is 0.722. The summed E-state index contributed by atoms with van der Waals surface area (Å²) in [6, 6.07) is 11.6. The molecule has 1 nitrogen and oxygen atoms in total. The van der Waals surface area contributed by atoms with Crippen molar-refractivity contribution in [1.29, 1.82) is 0 Å². The van der Waals surface area contributed by atoms with Gasteiger partial charge in [0.05, 0.1) is 0 Å². The largest absolute Gasteiger partial charge is 0.313 e. The van der Waals surface area contributed by atoms with Crippen molar-refractivity contribution in [2.45, 2.75) is 19.4 Å². The summed E-state index contributed by atoms with van der Waals surface area (Å²) < 4.78 is 0. The SMILES string of the molecule is CCNC1CSCC1Cc1ccccc1. The van der Waals surface area contributed by atoms with Crippen LogP contribution in [-0.4, -0.2) is 24.1 Å². The first-order valence-electron chi connectivity index (χ1n) is 5.75. The summed E-state index contributed by atoms with van der Waals surface area (Å²) in [5.41, 5.74) is 1.48. The number of nitrogens with one attached hydrogen (secondary N) is 1. The molecule has 2 rings (SSSR count). The molecule has 1 aromatic rings. The number of thioether (sulfide) groups is 1. The van der Waals surface area contributed by atoms with Gasteiger partial charge in [0, 0.05) is 11.8 Å². The summed E-state index contributed by atoms with van der Waals surface area (Å²) >= 11 is 2.09. The summed E-state index contributed by atoms with van der Waals surface area (Å²) in [5.74, 6) is 3.41. The minimum Gasteiger partial charge on any atom is -0.313 e. The molecule has 2 atom stereocenters. The molecule has 0 bridgehead atoms. The molecule has 1 saturated heterocycles. The molecule has 1 aromatic carbocycles. The molecule has 0 aromatic heterocycles. The second-order valence-corrected chi connectivity index (χ2v) is 5.23. The summed E-state index contributed by atoms with van der Waals surface area (Å²) in [6.45, 7) is 3.29. The molecule has 0 radical (unpaired) electrons. The van der Waals surface area contributed by atoms with Gasteiger partial charge in [-0.1, -0.05) is 37.3 Å². The Morgan fingerprint density at radius 3 is 2.80 bits per heavy atom. The molecule has 1 N–H and O–H groups in total. The van der Waals surface area contributed by atoms with Gasteiger partial charge in [0.25, 0.3) is 0 Å². The molecule has 0 spiro atoms. The van der Waals surface area contributed by atoms with Gasteiger partial charge in [0.2, 0.25) is 0 Å². The first-order chi connectivity index (χ1) is 7.40. The number of hydrogen-bond acceptors (Lipinski definition) is 2. The molecule has 0 amide bonds. The molecule has 2 heteroatoms. The van der Waals surface area contributed by atoms with Gasteiger partial charge < -0.3 is 5.32 Å². The van der Waals surface area contributed by atoms with Crippen LogP contribution in [0.25, 0.3) is 0 Å². The zero-order valence-corrected chi connectivity index (χ0v) is 10.1. The van der Waals surface area contributed by atoms with E-state index in [4.69, 9.17) is 0 Å². The van der Waals surface area contributed by atoms with E-state index in [9.17, 15) is 0 Å². The summed E-state index contributed by atoms with van der Waals surface area (Å²) in [5, 5.41) is 3.59. The third-order valence-electron chi connectivity index (χ3n) is 3.01. The third-order valence-corrected chi connectivity index (χ3v) is 4.26. The van der Waals surface area contributed by atoms with Gasteiger partial charge >= 0.3 is 0 Å². The Labute approximate surface area is 96.7 Å². The van der Waals surface area contributed by atoms with Crippen molar-refractivity contribution in [1.82, 2.24) is 5.32 Å². The van der Waals surface area contributed by atoms with Gasteiger partial charge in [0.15, 0.2) is 0 Å². The van der Waals surface area contributed by atoms with Crippen molar-refractivity contribution in [3.05, 3.63) is 35.9 Å². The average molecular weight is 221 g/mol. The molecule has 82 valence electrons. The Balaban J connectivity index is 1.93. The van der Waals surface area contributed by atoms with Crippen LogP contribution in [0.5, 0.6) is 0 Å². The lowest BCUT2D eigenvalue weighted by molar-refractivity contribution is 0.434. The first kappa shape index (κ1) is 11.0. The van der Waals surface area contributed by atoms with E-state index in [-0.39, 0.29) is 0 Å². The molecule has 1 aliphatic rings. The fourth-order valence-electron chi connectivity index (χ4n) is 2.20. The predicted molar refractivity (Wildman–Crippen MR) is 68.4 cm³/mol. The Hall–Kier alpha value is -0.470. The van der Waals surface area contributed by atoms with Crippen LogP contribution >= 0.6 is 11.8 Å². The van der Waals surface area contributed by atoms with E-state index in [0.29, 0.717) is 0 Å². The highest BCUT2D eigenvalue weighted by Crippen LogP contribution is 2.27.